The molecular weight excluding hydrogens is 318 g/mol. The molecule has 0 aliphatic heterocycles. The van der Waals surface area contributed by atoms with Crippen LogP contribution < -0.4 is 5.32 Å². The maximum Gasteiger partial charge on any atom is 0.270 e. The fourth-order valence-corrected chi connectivity index (χ4v) is 1.68. The minimum Gasteiger partial charge on any atom is -0.347 e. The summed E-state index contributed by atoms with van der Waals surface area (Å²) >= 11 is 3.21. The highest BCUT2D eigenvalue weighted by Gasteiger charge is 2.09. The van der Waals surface area contributed by atoms with Gasteiger partial charge in [0.2, 0.25) is 0 Å². The predicted octanol–water partition coefficient (Wildman–Crippen LogP) is 3.05. The van der Waals surface area contributed by atoms with E-state index in [2.05, 4.69) is 26.2 Å². The molecule has 0 aliphatic rings. The number of hydrogen-bond donors (Lipinski definition) is 1. The van der Waals surface area contributed by atoms with Crippen molar-refractivity contribution in [3.05, 3.63) is 63.9 Å². The Labute approximate surface area is 116 Å². The van der Waals surface area contributed by atoms with Gasteiger partial charge in [-0.2, -0.15) is 0 Å². The van der Waals surface area contributed by atoms with Gasteiger partial charge in [0.15, 0.2) is 0 Å². The summed E-state index contributed by atoms with van der Waals surface area (Å²) in [7, 11) is 0. The van der Waals surface area contributed by atoms with Gasteiger partial charge in [-0.15, -0.1) is 0 Å². The number of carbonyl (C=O) groups is 1. The minimum atomic E-state index is -0.691. The van der Waals surface area contributed by atoms with Crippen LogP contribution in [0.4, 0.5) is 8.78 Å². The Morgan fingerprint density at radius 1 is 1.26 bits per heavy atom. The highest BCUT2D eigenvalue weighted by molar-refractivity contribution is 9.10. The number of pyridine rings is 1. The molecule has 0 fully saturated rings. The average Bonchev–Trinajstić information content (AvgIpc) is 2.38. The Bertz CT molecular complexity index is 602. The van der Waals surface area contributed by atoms with Crippen molar-refractivity contribution in [3.8, 4) is 0 Å². The zero-order valence-electron chi connectivity index (χ0n) is 9.66. The van der Waals surface area contributed by atoms with Crippen LogP contribution in [0.25, 0.3) is 0 Å². The first-order chi connectivity index (χ1) is 9.06. The summed E-state index contributed by atoms with van der Waals surface area (Å²) in [5.41, 5.74) is 0.442. The van der Waals surface area contributed by atoms with Gasteiger partial charge in [-0.05, 0) is 34.1 Å². The van der Waals surface area contributed by atoms with Crippen molar-refractivity contribution in [3.63, 3.8) is 0 Å². The summed E-state index contributed by atoms with van der Waals surface area (Å²) in [4.78, 5) is 15.6. The fraction of sp³-hybridized carbons (Fsp3) is 0.0769. The first-order valence-corrected chi connectivity index (χ1v) is 6.19. The first-order valence-electron chi connectivity index (χ1n) is 5.40. The third kappa shape index (κ3) is 3.57. The molecule has 0 saturated heterocycles. The van der Waals surface area contributed by atoms with Gasteiger partial charge in [0, 0.05) is 28.8 Å². The number of benzene rings is 1. The maximum absolute atomic E-state index is 13.3. The predicted molar refractivity (Wildman–Crippen MR) is 69.5 cm³/mol. The van der Waals surface area contributed by atoms with E-state index in [1.807, 2.05) is 0 Å². The van der Waals surface area contributed by atoms with E-state index in [9.17, 15) is 13.6 Å². The van der Waals surface area contributed by atoms with Gasteiger partial charge in [0.05, 0.1) is 0 Å². The smallest absolute Gasteiger partial charge is 0.270 e. The van der Waals surface area contributed by atoms with E-state index in [1.54, 1.807) is 12.1 Å². The second-order valence-electron chi connectivity index (χ2n) is 3.78. The molecule has 2 rings (SSSR count). The van der Waals surface area contributed by atoms with E-state index in [-0.39, 0.29) is 17.8 Å². The number of halogens is 3. The standard InChI is InChI=1S/C13H9BrF2N2O/c14-9-2-4-12(17-7-9)13(19)18-6-8-1-3-10(15)5-11(8)16/h1-5,7H,6H2,(H,18,19). The van der Waals surface area contributed by atoms with Crippen LogP contribution in [0, 0.1) is 11.6 Å². The molecule has 1 heterocycles. The molecule has 98 valence electrons. The lowest BCUT2D eigenvalue weighted by atomic mass is 10.2. The zero-order valence-corrected chi connectivity index (χ0v) is 11.2. The fourth-order valence-electron chi connectivity index (χ4n) is 1.44. The summed E-state index contributed by atoms with van der Waals surface area (Å²) in [5, 5.41) is 2.52. The van der Waals surface area contributed by atoms with Crippen molar-refractivity contribution in [1.29, 1.82) is 0 Å². The number of nitrogens with one attached hydrogen (secondary N) is 1. The molecule has 1 aromatic heterocycles. The van der Waals surface area contributed by atoms with Crippen molar-refractivity contribution in [2.75, 3.05) is 0 Å². The zero-order chi connectivity index (χ0) is 13.8. The second-order valence-corrected chi connectivity index (χ2v) is 4.70. The number of carbonyl (C=O) groups excluding carboxylic acids is 1. The monoisotopic (exact) mass is 326 g/mol. The van der Waals surface area contributed by atoms with Gasteiger partial charge in [-0.25, -0.2) is 13.8 Å². The molecule has 0 aliphatic carbocycles. The third-order valence-electron chi connectivity index (χ3n) is 2.41. The highest BCUT2D eigenvalue weighted by atomic mass is 79.9. The van der Waals surface area contributed by atoms with E-state index in [0.717, 1.165) is 16.6 Å². The van der Waals surface area contributed by atoms with Crippen LogP contribution in [0.3, 0.4) is 0 Å². The average molecular weight is 327 g/mol. The van der Waals surface area contributed by atoms with Crippen LogP contribution >= 0.6 is 15.9 Å². The number of rotatable bonds is 3. The van der Waals surface area contributed by atoms with Gasteiger partial charge >= 0.3 is 0 Å². The Morgan fingerprint density at radius 3 is 2.68 bits per heavy atom. The molecule has 6 heteroatoms. The van der Waals surface area contributed by atoms with Crippen LogP contribution in [0.1, 0.15) is 16.1 Å². The number of nitrogens with zero attached hydrogens (tertiary/aromatic N) is 1. The van der Waals surface area contributed by atoms with Crippen LogP contribution in [-0.2, 0) is 6.54 Å². The van der Waals surface area contributed by atoms with E-state index in [1.165, 1.54) is 12.3 Å². The minimum absolute atomic E-state index is 0.0251. The van der Waals surface area contributed by atoms with Gasteiger partial charge in [0.1, 0.15) is 17.3 Å². The highest BCUT2D eigenvalue weighted by Crippen LogP contribution is 2.10. The SMILES string of the molecule is O=C(NCc1ccc(F)cc1F)c1ccc(Br)cn1. The second kappa shape index (κ2) is 5.88. The summed E-state index contributed by atoms with van der Waals surface area (Å²) in [6.07, 6.45) is 1.49. The molecule has 0 bridgehead atoms. The summed E-state index contributed by atoms with van der Waals surface area (Å²) in [6, 6.07) is 6.43. The van der Waals surface area contributed by atoms with Crippen LogP contribution in [-0.4, -0.2) is 10.9 Å². The lowest BCUT2D eigenvalue weighted by Crippen LogP contribution is -2.24. The molecule has 0 spiro atoms. The molecule has 0 unspecified atom stereocenters. The molecular formula is C13H9BrF2N2O. The van der Waals surface area contributed by atoms with Crippen molar-refractivity contribution >= 4 is 21.8 Å². The van der Waals surface area contributed by atoms with Gasteiger partial charge in [-0.3, -0.25) is 4.79 Å². The lowest BCUT2D eigenvalue weighted by Gasteiger charge is -2.06. The number of aromatic nitrogens is 1. The Morgan fingerprint density at radius 2 is 2.05 bits per heavy atom. The number of amides is 1. The van der Waals surface area contributed by atoms with Crippen LogP contribution in [0.5, 0.6) is 0 Å². The van der Waals surface area contributed by atoms with E-state index < -0.39 is 17.5 Å². The Balaban J connectivity index is 2.02. The Hall–Kier alpha value is -1.82. The first kappa shape index (κ1) is 13.6. The molecule has 3 nitrogen and oxygen atoms in total. The topological polar surface area (TPSA) is 42.0 Å². The molecule has 2 aromatic rings. The molecule has 19 heavy (non-hydrogen) atoms. The molecule has 0 radical (unpaired) electrons. The lowest BCUT2D eigenvalue weighted by molar-refractivity contribution is 0.0945. The number of hydrogen-bond acceptors (Lipinski definition) is 2. The summed E-state index contributed by atoms with van der Waals surface area (Å²) < 4.78 is 26.8. The van der Waals surface area contributed by atoms with Crippen molar-refractivity contribution in [2.24, 2.45) is 0 Å². The molecule has 0 saturated carbocycles. The molecule has 1 aromatic carbocycles. The van der Waals surface area contributed by atoms with Gasteiger partial charge < -0.3 is 5.32 Å². The molecule has 1 N–H and O–H groups in total. The van der Waals surface area contributed by atoms with Gasteiger partial charge in [0.25, 0.3) is 5.91 Å². The van der Waals surface area contributed by atoms with Crippen molar-refractivity contribution in [1.82, 2.24) is 10.3 Å². The maximum atomic E-state index is 13.3. The quantitative estimate of drug-likeness (QED) is 0.941. The largest absolute Gasteiger partial charge is 0.347 e. The summed E-state index contributed by atoms with van der Waals surface area (Å²) in [6.45, 7) is -0.0251. The van der Waals surface area contributed by atoms with Crippen molar-refractivity contribution in [2.45, 2.75) is 6.54 Å². The van der Waals surface area contributed by atoms with Crippen LogP contribution in [0.2, 0.25) is 0 Å². The summed E-state index contributed by atoms with van der Waals surface area (Å²) in [5.74, 6) is -1.76. The third-order valence-corrected chi connectivity index (χ3v) is 2.88. The van der Waals surface area contributed by atoms with E-state index in [0.29, 0.717) is 0 Å². The Kier molecular flexibility index (Phi) is 4.21. The van der Waals surface area contributed by atoms with Crippen molar-refractivity contribution < 1.29 is 13.6 Å². The van der Waals surface area contributed by atoms with Crippen LogP contribution in [0.15, 0.2) is 41.0 Å². The molecule has 1 amide bonds. The van der Waals surface area contributed by atoms with E-state index >= 15 is 0 Å². The van der Waals surface area contributed by atoms with Gasteiger partial charge in [-0.1, -0.05) is 6.07 Å². The van der Waals surface area contributed by atoms with E-state index in [4.69, 9.17) is 0 Å². The molecule has 0 atom stereocenters. The normalized spacial score (nSPS) is 10.3.